The number of amides is 1. The van der Waals surface area contributed by atoms with Gasteiger partial charge in [0.05, 0.1) is 16.8 Å². The molecule has 168 valence electrons. The Morgan fingerprint density at radius 1 is 1.00 bits per heavy atom. The molecule has 5 nitrogen and oxygen atoms in total. The summed E-state index contributed by atoms with van der Waals surface area (Å²) in [6, 6.07) is 20.2. The molecule has 2 heterocycles. The molecule has 0 bridgehead atoms. The molecular weight excluding hydrogens is 418 g/mol. The maximum atomic E-state index is 13.3. The van der Waals surface area contributed by atoms with E-state index in [1.165, 1.54) is 11.5 Å². The van der Waals surface area contributed by atoms with Crippen molar-refractivity contribution in [3.05, 3.63) is 76.6 Å². The van der Waals surface area contributed by atoms with E-state index in [0.29, 0.717) is 25.2 Å². The Labute approximate surface area is 193 Å². The summed E-state index contributed by atoms with van der Waals surface area (Å²) < 4.78 is 1.86. The first-order chi connectivity index (χ1) is 15.3. The maximum Gasteiger partial charge on any atom is 0.285 e. The average molecular weight is 450 g/mol. The molecule has 0 spiro atoms. The fraction of sp³-hybridized carbons (Fsp3) is 0.385. The molecule has 1 aliphatic heterocycles. The van der Waals surface area contributed by atoms with Crippen molar-refractivity contribution in [1.82, 2.24) is 8.86 Å². The van der Waals surface area contributed by atoms with Gasteiger partial charge < -0.3 is 10.2 Å². The van der Waals surface area contributed by atoms with E-state index >= 15 is 0 Å². The number of carbonyl (C=O) groups is 1. The Bertz CT molecular complexity index is 1110. The van der Waals surface area contributed by atoms with E-state index in [4.69, 9.17) is 0 Å². The lowest BCUT2D eigenvalue weighted by Gasteiger charge is -2.33. The number of nitrogens with one attached hydrogen (secondary N) is 1. The first-order valence-electron chi connectivity index (χ1n) is 11.2. The molecule has 0 aliphatic carbocycles. The first-order valence-corrected chi connectivity index (χ1v) is 12.0. The monoisotopic (exact) mass is 449 g/mol. The van der Waals surface area contributed by atoms with E-state index in [0.717, 1.165) is 28.8 Å². The van der Waals surface area contributed by atoms with Crippen LogP contribution in [0.3, 0.4) is 0 Å². The number of carbonyl (C=O) groups excluding carboxylic acids is 1. The van der Waals surface area contributed by atoms with Gasteiger partial charge in [0, 0.05) is 19.1 Å². The largest absolute Gasteiger partial charge is 0.376 e. The van der Waals surface area contributed by atoms with Crippen LogP contribution in [0.25, 0.3) is 10.4 Å². The van der Waals surface area contributed by atoms with Gasteiger partial charge in [0.1, 0.15) is 5.69 Å². The zero-order chi connectivity index (χ0) is 22.7. The lowest BCUT2D eigenvalue weighted by Crippen LogP contribution is -2.43. The van der Waals surface area contributed by atoms with Crippen molar-refractivity contribution in [2.45, 2.75) is 51.6 Å². The van der Waals surface area contributed by atoms with Crippen LogP contribution in [0, 0.1) is 0 Å². The number of hydrogen-bond donors (Lipinski definition) is 1. The highest BCUT2D eigenvalue weighted by Gasteiger charge is 2.28. The van der Waals surface area contributed by atoms with Gasteiger partial charge in [0.25, 0.3) is 5.56 Å². The van der Waals surface area contributed by atoms with Crippen LogP contribution in [0.1, 0.15) is 39.2 Å². The molecule has 4 rings (SSSR count). The molecule has 0 saturated carbocycles. The van der Waals surface area contributed by atoms with Crippen molar-refractivity contribution in [2.75, 3.05) is 18.4 Å². The SMILES string of the molecule is CC(C)(C)n1sc(-c2ccccc2)c(NC2CCN(C(=O)Cc3ccccc3)CC2)c1=O. The molecule has 32 heavy (non-hydrogen) atoms. The maximum absolute atomic E-state index is 13.3. The van der Waals surface area contributed by atoms with Gasteiger partial charge in [-0.25, -0.2) is 0 Å². The van der Waals surface area contributed by atoms with Crippen molar-refractivity contribution >= 4 is 23.1 Å². The van der Waals surface area contributed by atoms with Crippen molar-refractivity contribution < 1.29 is 4.79 Å². The number of anilines is 1. The Morgan fingerprint density at radius 2 is 1.59 bits per heavy atom. The molecule has 1 aliphatic rings. The second kappa shape index (κ2) is 9.33. The van der Waals surface area contributed by atoms with Gasteiger partial charge in [-0.3, -0.25) is 13.5 Å². The van der Waals surface area contributed by atoms with E-state index in [2.05, 4.69) is 26.1 Å². The highest BCUT2D eigenvalue weighted by molar-refractivity contribution is 7.11. The third-order valence-corrected chi connectivity index (χ3v) is 7.37. The Hall–Kier alpha value is -2.86. The van der Waals surface area contributed by atoms with Crippen LogP contribution in [0.4, 0.5) is 5.69 Å². The van der Waals surface area contributed by atoms with Gasteiger partial charge in [0.15, 0.2) is 0 Å². The van der Waals surface area contributed by atoms with Crippen molar-refractivity contribution in [2.24, 2.45) is 0 Å². The van der Waals surface area contributed by atoms with Crippen LogP contribution in [-0.4, -0.2) is 33.9 Å². The number of rotatable bonds is 5. The van der Waals surface area contributed by atoms with Gasteiger partial charge in [-0.1, -0.05) is 72.2 Å². The van der Waals surface area contributed by atoms with Crippen molar-refractivity contribution in [3.8, 4) is 10.4 Å². The number of likely N-dealkylation sites (tertiary alicyclic amines) is 1. The Morgan fingerprint density at radius 3 is 2.19 bits per heavy atom. The Balaban J connectivity index is 1.47. The van der Waals surface area contributed by atoms with E-state index in [9.17, 15) is 9.59 Å². The number of nitrogens with zero attached hydrogens (tertiary/aromatic N) is 2. The van der Waals surface area contributed by atoms with E-state index in [1.807, 2.05) is 69.5 Å². The number of hydrogen-bond acceptors (Lipinski definition) is 4. The predicted molar refractivity (Wildman–Crippen MR) is 132 cm³/mol. The molecular formula is C26H31N3O2S. The number of aromatic nitrogens is 1. The van der Waals surface area contributed by atoms with E-state index in [1.54, 1.807) is 0 Å². The van der Waals surface area contributed by atoms with Gasteiger partial charge in [-0.05, 0) is 44.7 Å². The number of piperidine rings is 1. The van der Waals surface area contributed by atoms with Crippen LogP contribution in [-0.2, 0) is 16.8 Å². The summed E-state index contributed by atoms with van der Waals surface area (Å²) in [5, 5.41) is 3.56. The second-order valence-electron chi connectivity index (χ2n) is 9.39. The Kier molecular flexibility index (Phi) is 6.51. The summed E-state index contributed by atoms with van der Waals surface area (Å²) in [6.07, 6.45) is 2.11. The summed E-state index contributed by atoms with van der Waals surface area (Å²) >= 11 is 1.52. The predicted octanol–water partition coefficient (Wildman–Crippen LogP) is 4.98. The zero-order valence-electron chi connectivity index (χ0n) is 19.0. The van der Waals surface area contributed by atoms with Gasteiger partial charge >= 0.3 is 0 Å². The normalized spacial score (nSPS) is 15.0. The van der Waals surface area contributed by atoms with Crippen LogP contribution in [0.2, 0.25) is 0 Å². The second-order valence-corrected chi connectivity index (χ2v) is 10.3. The lowest BCUT2D eigenvalue weighted by molar-refractivity contribution is -0.131. The molecule has 1 amide bonds. The van der Waals surface area contributed by atoms with Crippen molar-refractivity contribution in [3.63, 3.8) is 0 Å². The highest BCUT2D eigenvalue weighted by Crippen LogP contribution is 2.34. The van der Waals surface area contributed by atoms with Gasteiger partial charge in [0.2, 0.25) is 5.91 Å². The summed E-state index contributed by atoms with van der Waals surface area (Å²) in [5.74, 6) is 0.172. The van der Waals surface area contributed by atoms with Crippen LogP contribution >= 0.6 is 11.5 Å². The smallest absolute Gasteiger partial charge is 0.285 e. The summed E-state index contributed by atoms with van der Waals surface area (Å²) in [4.78, 5) is 28.9. The van der Waals surface area contributed by atoms with Crippen LogP contribution in [0.15, 0.2) is 65.5 Å². The molecule has 1 saturated heterocycles. The molecule has 0 unspecified atom stereocenters. The summed E-state index contributed by atoms with van der Waals surface area (Å²) in [6.45, 7) is 7.59. The van der Waals surface area contributed by atoms with Crippen LogP contribution < -0.4 is 10.9 Å². The molecule has 6 heteroatoms. The molecule has 1 fully saturated rings. The van der Waals surface area contributed by atoms with E-state index in [-0.39, 0.29) is 23.0 Å². The minimum Gasteiger partial charge on any atom is -0.376 e. The number of benzene rings is 2. The van der Waals surface area contributed by atoms with Gasteiger partial charge in [-0.15, -0.1) is 0 Å². The standard InChI is InChI=1S/C26H31N3O2S/c1-26(2,3)29-25(31)23(24(32-29)20-12-8-5-9-13-20)27-21-14-16-28(17-15-21)22(30)18-19-10-6-4-7-11-19/h4-13,21,27H,14-18H2,1-3H3. The van der Waals surface area contributed by atoms with Crippen LogP contribution in [0.5, 0.6) is 0 Å². The fourth-order valence-corrected chi connectivity index (χ4v) is 5.20. The highest BCUT2D eigenvalue weighted by atomic mass is 32.1. The zero-order valence-corrected chi connectivity index (χ0v) is 19.8. The average Bonchev–Trinajstić information content (AvgIpc) is 3.12. The molecule has 1 aromatic heterocycles. The third kappa shape index (κ3) is 4.96. The summed E-state index contributed by atoms with van der Waals surface area (Å²) in [7, 11) is 0. The first kappa shape index (κ1) is 22.3. The van der Waals surface area contributed by atoms with Crippen molar-refractivity contribution in [1.29, 1.82) is 0 Å². The topological polar surface area (TPSA) is 54.3 Å². The third-order valence-electron chi connectivity index (χ3n) is 5.85. The quantitative estimate of drug-likeness (QED) is 0.598. The molecule has 3 aromatic rings. The molecule has 0 atom stereocenters. The minimum atomic E-state index is -0.279. The fourth-order valence-electron chi connectivity index (χ4n) is 4.09. The lowest BCUT2D eigenvalue weighted by atomic mass is 10.0. The summed E-state index contributed by atoms with van der Waals surface area (Å²) in [5.41, 5.74) is 2.54. The molecule has 0 radical (unpaired) electrons. The van der Waals surface area contributed by atoms with E-state index < -0.39 is 0 Å². The molecule has 2 aromatic carbocycles. The molecule has 1 N–H and O–H groups in total. The van der Waals surface area contributed by atoms with Gasteiger partial charge in [-0.2, -0.15) is 0 Å². The minimum absolute atomic E-state index is 0.0314.